The normalized spacial score (nSPS) is 19.5. The number of thiophene rings is 1. The van der Waals surface area contributed by atoms with Crippen LogP contribution in [0.25, 0.3) is 0 Å². The molecule has 106 valence electrons. The molecule has 19 heavy (non-hydrogen) atoms. The standard InChI is InChI=1S/C14H22N2O2S/c1-10-8-12(11(2)19-10)13(9-14(17)18)16-6-4-15(3)5-7-16/h8,13H,4-7,9H2,1-3H3,(H,17,18). The molecule has 0 spiro atoms. The molecule has 0 bridgehead atoms. The topological polar surface area (TPSA) is 43.8 Å². The van der Waals surface area contributed by atoms with E-state index in [9.17, 15) is 9.90 Å². The highest BCUT2D eigenvalue weighted by Crippen LogP contribution is 2.32. The van der Waals surface area contributed by atoms with Gasteiger partial charge in [-0.1, -0.05) is 0 Å². The Bertz CT molecular complexity index is 450. The summed E-state index contributed by atoms with van der Waals surface area (Å²) in [6.45, 7) is 8.10. The molecule has 1 atom stereocenters. The maximum Gasteiger partial charge on any atom is 0.305 e. The van der Waals surface area contributed by atoms with E-state index in [2.05, 4.69) is 36.8 Å². The van der Waals surface area contributed by atoms with E-state index in [4.69, 9.17) is 0 Å². The van der Waals surface area contributed by atoms with Gasteiger partial charge in [-0.15, -0.1) is 11.3 Å². The minimum atomic E-state index is -0.716. The summed E-state index contributed by atoms with van der Waals surface area (Å²) in [4.78, 5) is 18.3. The molecule has 4 nitrogen and oxygen atoms in total. The van der Waals surface area contributed by atoms with Gasteiger partial charge in [-0.2, -0.15) is 0 Å². The SMILES string of the molecule is Cc1cc(C(CC(=O)O)N2CCN(C)CC2)c(C)s1. The van der Waals surface area contributed by atoms with Gasteiger partial charge in [-0.3, -0.25) is 9.69 Å². The Morgan fingerprint density at radius 3 is 2.47 bits per heavy atom. The molecule has 0 saturated carbocycles. The summed E-state index contributed by atoms with van der Waals surface area (Å²) >= 11 is 1.76. The molecule has 5 heteroatoms. The lowest BCUT2D eigenvalue weighted by atomic mass is 10.0. The van der Waals surface area contributed by atoms with Crippen LogP contribution in [0, 0.1) is 13.8 Å². The smallest absolute Gasteiger partial charge is 0.305 e. The van der Waals surface area contributed by atoms with Crippen molar-refractivity contribution in [3.05, 3.63) is 21.4 Å². The number of carboxylic acid groups (broad SMARTS) is 1. The molecular weight excluding hydrogens is 260 g/mol. The Labute approximate surface area is 118 Å². The van der Waals surface area contributed by atoms with Crippen LogP contribution < -0.4 is 0 Å². The molecule has 2 heterocycles. The second-order valence-electron chi connectivity index (χ2n) is 5.32. The first-order valence-corrected chi connectivity index (χ1v) is 7.50. The molecule has 0 aliphatic carbocycles. The van der Waals surface area contributed by atoms with Crippen LogP contribution in [-0.2, 0) is 4.79 Å². The van der Waals surface area contributed by atoms with E-state index >= 15 is 0 Å². The minimum absolute atomic E-state index is 0.0242. The molecule has 0 amide bonds. The number of hydrogen-bond acceptors (Lipinski definition) is 4. The van der Waals surface area contributed by atoms with E-state index < -0.39 is 5.97 Å². The maximum atomic E-state index is 11.2. The lowest BCUT2D eigenvalue weighted by molar-refractivity contribution is -0.138. The third-order valence-electron chi connectivity index (χ3n) is 3.78. The maximum absolute atomic E-state index is 11.2. The summed E-state index contributed by atoms with van der Waals surface area (Å²) < 4.78 is 0. The highest BCUT2D eigenvalue weighted by molar-refractivity contribution is 7.12. The molecular formula is C14H22N2O2S. The van der Waals surface area contributed by atoms with Crippen LogP contribution in [0.2, 0.25) is 0 Å². The molecule has 0 aromatic carbocycles. The van der Waals surface area contributed by atoms with Gasteiger partial charge in [0.15, 0.2) is 0 Å². The first-order valence-electron chi connectivity index (χ1n) is 6.68. The lowest BCUT2D eigenvalue weighted by Crippen LogP contribution is -2.46. The van der Waals surface area contributed by atoms with Crippen molar-refractivity contribution in [3.8, 4) is 0 Å². The second kappa shape index (κ2) is 6.03. The summed E-state index contributed by atoms with van der Waals surface area (Å²) in [6.07, 6.45) is 0.195. The van der Waals surface area contributed by atoms with Gasteiger partial charge in [0, 0.05) is 42.0 Å². The van der Waals surface area contributed by atoms with Crippen LogP contribution >= 0.6 is 11.3 Å². The Hall–Kier alpha value is -0.910. The fraction of sp³-hybridized carbons (Fsp3) is 0.643. The van der Waals surface area contributed by atoms with E-state index in [0.717, 1.165) is 26.2 Å². The lowest BCUT2D eigenvalue weighted by Gasteiger charge is -2.37. The summed E-state index contributed by atoms with van der Waals surface area (Å²) in [5.41, 5.74) is 1.20. The quantitative estimate of drug-likeness (QED) is 0.919. The van der Waals surface area contributed by atoms with Crippen LogP contribution in [0.4, 0.5) is 0 Å². The van der Waals surface area contributed by atoms with Gasteiger partial charge in [0.2, 0.25) is 0 Å². The molecule has 1 aliphatic heterocycles. The summed E-state index contributed by atoms with van der Waals surface area (Å²) in [6, 6.07) is 2.18. The number of piperazine rings is 1. The molecule has 1 saturated heterocycles. The summed E-state index contributed by atoms with van der Waals surface area (Å²) in [7, 11) is 2.11. The molecule has 1 unspecified atom stereocenters. The minimum Gasteiger partial charge on any atom is -0.481 e. The first-order chi connectivity index (χ1) is 8.97. The first kappa shape index (κ1) is 14.5. The van der Waals surface area contributed by atoms with E-state index in [1.165, 1.54) is 15.3 Å². The summed E-state index contributed by atoms with van der Waals surface area (Å²) in [5.74, 6) is -0.716. The zero-order valence-corrected chi connectivity index (χ0v) is 12.7. The Kier molecular flexibility index (Phi) is 4.60. The van der Waals surface area contributed by atoms with Crippen LogP contribution in [-0.4, -0.2) is 54.1 Å². The number of aryl methyl sites for hydroxylation is 2. The third kappa shape index (κ3) is 3.55. The molecule has 1 aromatic rings. The van der Waals surface area contributed by atoms with Crippen LogP contribution in [0.15, 0.2) is 6.07 Å². The monoisotopic (exact) mass is 282 g/mol. The zero-order chi connectivity index (χ0) is 14.0. The van der Waals surface area contributed by atoms with Crippen LogP contribution in [0.1, 0.15) is 27.8 Å². The van der Waals surface area contributed by atoms with Crippen molar-refractivity contribution in [2.24, 2.45) is 0 Å². The van der Waals surface area contributed by atoms with Crippen molar-refractivity contribution in [2.45, 2.75) is 26.3 Å². The predicted octanol–water partition coefficient (Wildman–Crippen LogP) is 2.13. The van der Waals surface area contributed by atoms with Gasteiger partial charge >= 0.3 is 5.97 Å². The van der Waals surface area contributed by atoms with Gasteiger partial charge in [-0.25, -0.2) is 0 Å². The molecule has 1 aromatic heterocycles. The molecule has 1 fully saturated rings. The summed E-state index contributed by atoms with van der Waals surface area (Å²) in [5, 5.41) is 9.19. The average molecular weight is 282 g/mol. The zero-order valence-electron chi connectivity index (χ0n) is 11.8. The Morgan fingerprint density at radius 2 is 2.00 bits per heavy atom. The van der Waals surface area contributed by atoms with E-state index in [0.29, 0.717) is 0 Å². The number of aliphatic carboxylic acids is 1. The largest absolute Gasteiger partial charge is 0.481 e. The number of carboxylic acids is 1. The second-order valence-corrected chi connectivity index (χ2v) is 6.78. The third-order valence-corrected chi connectivity index (χ3v) is 4.77. The highest BCUT2D eigenvalue weighted by Gasteiger charge is 2.27. The van der Waals surface area contributed by atoms with E-state index in [-0.39, 0.29) is 12.5 Å². The van der Waals surface area contributed by atoms with Crippen molar-refractivity contribution >= 4 is 17.3 Å². The van der Waals surface area contributed by atoms with Gasteiger partial charge in [0.05, 0.1) is 6.42 Å². The Balaban J connectivity index is 2.20. The van der Waals surface area contributed by atoms with Gasteiger partial charge in [-0.05, 0) is 32.5 Å². The molecule has 2 rings (SSSR count). The van der Waals surface area contributed by atoms with Crippen LogP contribution in [0.5, 0.6) is 0 Å². The van der Waals surface area contributed by atoms with Crippen molar-refractivity contribution in [3.63, 3.8) is 0 Å². The fourth-order valence-electron chi connectivity index (χ4n) is 2.72. The number of hydrogen-bond donors (Lipinski definition) is 1. The van der Waals surface area contributed by atoms with Crippen molar-refractivity contribution in [2.75, 3.05) is 33.2 Å². The van der Waals surface area contributed by atoms with E-state index in [1.54, 1.807) is 11.3 Å². The Morgan fingerprint density at radius 1 is 1.37 bits per heavy atom. The van der Waals surface area contributed by atoms with Crippen molar-refractivity contribution < 1.29 is 9.90 Å². The highest BCUT2D eigenvalue weighted by atomic mass is 32.1. The van der Waals surface area contributed by atoms with Gasteiger partial charge in [0.25, 0.3) is 0 Å². The van der Waals surface area contributed by atoms with Crippen molar-refractivity contribution in [1.29, 1.82) is 0 Å². The van der Waals surface area contributed by atoms with E-state index in [1.807, 2.05) is 0 Å². The number of carbonyl (C=O) groups is 1. The molecule has 0 radical (unpaired) electrons. The predicted molar refractivity (Wildman–Crippen MR) is 77.9 cm³/mol. The molecule has 1 aliphatic rings. The fourth-order valence-corrected chi connectivity index (χ4v) is 3.70. The average Bonchev–Trinajstić information content (AvgIpc) is 2.66. The number of likely N-dealkylation sites (N-methyl/N-ethyl adjacent to an activating group) is 1. The molecule has 1 N–H and O–H groups in total. The number of nitrogens with zero attached hydrogens (tertiary/aromatic N) is 2. The van der Waals surface area contributed by atoms with Gasteiger partial charge in [0.1, 0.15) is 0 Å². The number of rotatable bonds is 4. The van der Waals surface area contributed by atoms with Crippen molar-refractivity contribution in [1.82, 2.24) is 9.80 Å². The van der Waals surface area contributed by atoms with Crippen LogP contribution in [0.3, 0.4) is 0 Å². The van der Waals surface area contributed by atoms with Gasteiger partial charge < -0.3 is 10.0 Å².